The number of hydrogen-bond donors (Lipinski definition) is 0. The Morgan fingerprint density at radius 1 is 1.10 bits per heavy atom. The molecule has 160 valence electrons. The molecule has 0 aliphatic carbocycles. The predicted octanol–water partition coefficient (Wildman–Crippen LogP) is 3.02. The van der Waals surface area contributed by atoms with Gasteiger partial charge in [-0.2, -0.15) is 4.31 Å². The minimum absolute atomic E-state index is 0.194. The molecule has 7 nitrogen and oxygen atoms in total. The van der Waals surface area contributed by atoms with Gasteiger partial charge in [0.2, 0.25) is 10.0 Å². The minimum Gasteiger partial charge on any atom is -0.334 e. The summed E-state index contributed by atoms with van der Waals surface area (Å²) in [7, 11) is -0.124. The fourth-order valence-electron chi connectivity index (χ4n) is 3.34. The van der Waals surface area contributed by atoms with E-state index in [1.807, 2.05) is 11.6 Å². The van der Waals surface area contributed by atoms with Crippen LogP contribution < -0.4 is 0 Å². The summed E-state index contributed by atoms with van der Waals surface area (Å²) >= 11 is 0. The maximum absolute atomic E-state index is 13.1. The van der Waals surface area contributed by atoms with E-state index in [4.69, 9.17) is 0 Å². The average molecular weight is 433 g/mol. The zero-order chi connectivity index (χ0) is 22.1. The molecule has 3 aromatic rings. The van der Waals surface area contributed by atoms with Crippen LogP contribution in [0.4, 0.5) is 4.39 Å². The normalized spacial score (nSPS) is 11.9. The van der Waals surface area contributed by atoms with Crippen LogP contribution >= 0.6 is 0 Å². The van der Waals surface area contributed by atoms with Gasteiger partial charge in [-0.1, -0.05) is 13.8 Å². The van der Waals surface area contributed by atoms with Gasteiger partial charge in [-0.25, -0.2) is 17.8 Å². The third-order valence-corrected chi connectivity index (χ3v) is 7.15. The lowest BCUT2D eigenvalue weighted by molar-refractivity contribution is 0.0780. The molecular weight excluding hydrogens is 407 g/mol. The van der Waals surface area contributed by atoms with Crippen LogP contribution in [0.1, 0.15) is 30.0 Å². The molecule has 0 saturated carbocycles. The number of hydrogen-bond acceptors (Lipinski definition) is 4. The van der Waals surface area contributed by atoms with E-state index >= 15 is 0 Å². The molecule has 0 atom stereocenters. The zero-order valence-electron chi connectivity index (χ0n) is 17.5. The van der Waals surface area contributed by atoms with Gasteiger partial charge >= 0.3 is 0 Å². The van der Waals surface area contributed by atoms with Crippen molar-refractivity contribution in [2.24, 2.45) is 7.05 Å². The van der Waals surface area contributed by atoms with E-state index in [2.05, 4.69) is 4.98 Å². The molecule has 0 aliphatic rings. The Hall–Kier alpha value is -2.78. The Kier molecular flexibility index (Phi) is 6.23. The second-order valence-electron chi connectivity index (χ2n) is 7.00. The van der Waals surface area contributed by atoms with E-state index in [0.29, 0.717) is 30.0 Å². The molecule has 3 rings (SSSR count). The number of sulfonamides is 1. The minimum atomic E-state index is -3.58. The van der Waals surface area contributed by atoms with Crippen molar-refractivity contribution >= 4 is 27.0 Å². The number of amides is 1. The van der Waals surface area contributed by atoms with Gasteiger partial charge in [0.05, 0.1) is 22.5 Å². The first-order valence-electron chi connectivity index (χ1n) is 9.65. The zero-order valence-corrected chi connectivity index (χ0v) is 18.3. The molecule has 9 heteroatoms. The molecular formula is C21H25FN4O3S. The van der Waals surface area contributed by atoms with E-state index < -0.39 is 15.8 Å². The molecule has 1 aromatic heterocycles. The molecule has 0 N–H and O–H groups in total. The van der Waals surface area contributed by atoms with E-state index in [1.54, 1.807) is 39.1 Å². The summed E-state index contributed by atoms with van der Waals surface area (Å²) in [4.78, 5) is 18.8. The Labute approximate surface area is 175 Å². The largest absolute Gasteiger partial charge is 0.334 e. The molecule has 1 amide bonds. The summed E-state index contributed by atoms with van der Waals surface area (Å²) in [6, 6.07) is 10.2. The Balaban J connectivity index is 1.89. The highest BCUT2D eigenvalue weighted by molar-refractivity contribution is 7.89. The van der Waals surface area contributed by atoms with Crippen molar-refractivity contribution < 1.29 is 17.6 Å². The van der Waals surface area contributed by atoms with Gasteiger partial charge in [0.15, 0.2) is 0 Å². The lowest BCUT2D eigenvalue weighted by Crippen LogP contribution is -2.30. The number of nitrogens with zero attached hydrogens (tertiary/aromatic N) is 4. The molecule has 0 radical (unpaired) electrons. The van der Waals surface area contributed by atoms with Crippen molar-refractivity contribution in [1.29, 1.82) is 0 Å². The highest BCUT2D eigenvalue weighted by Gasteiger charge is 2.23. The SMILES string of the molecule is CCN(CC)S(=O)(=O)c1ccc2c(c1)nc(CN(C)C(=O)c1ccc(F)cc1)n2C. The van der Waals surface area contributed by atoms with Crippen LogP contribution in [0.2, 0.25) is 0 Å². The maximum atomic E-state index is 13.1. The number of fused-ring (bicyclic) bond motifs is 1. The summed E-state index contributed by atoms with van der Waals surface area (Å²) < 4.78 is 41.9. The first-order chi connectivity index (χ1) is 14.2. The first kappa shape index (κ1) is 21.9. The van der Waals surface area contributed by atoms with Crippen molar-refractivity contribution in [3.05, 3.63) is 59.7 Å². The van der Waals surface area contributed by atoms with Crippen molar-refractivity contribution in [3.63, 3.8) is 0 Å². The smallest absolute Gasteiger partial charge is 0.254 e. The van der Waals surface area contributed by atoms with E-state index in [-0.39, 0.29) is 17.3 Å². The number of carbonyl (C=O) groups is 1. The van der Waals surface area contributed by atoms with Gasteiger partial charge in [-0.05, 0) is 42.5 Å². The van der Waals surface area contributed by atoms with E-state index in [0.717, 1.165) is 5.52 Å². The molecule has 2 aromatic carbocycles. The second kappa shape index (κ2) is 8.53. The molecule has 0 bridgehead atoms. The van der Waals surface area contributed by atoms with Gasteiger partial charge in [-0.3, -0.25) is 4.79 Å². The third-order valence-electron chi connectivity index (χ3n) is 5.10. The Morgan fingerprint density at radius 3 is 2.33 bits per heavy atom. The predicted molar refractivity (Wildman–Crippen MR) is 113 cm³/mol. The highest BCUT2D eigenvalue weighted by atomic mass is 32.2. The molecule has 0 fully saturated rings. The summed E-state index contributed by atoms with van der Waals surface area (Å²) in [5, 5.41) is 0. The van der Waals surface area contributed by atoms with Crippen LogP contribution in [0.5, 0.6) is 0 Å². The third kappa shape index (κ3) is 4.08. The van der Waals surface area contributed by atoms with E-state index in [1.165, 1.54) is 33.5 Å². The van der Waals surface area contributed by atoms with Crippen LogP contribution in [0.15, 0.2) is 47.4 Å². The van der Waals surface area contributed by atoms with Gasteiger partial charge < -0.3 is 9.47 Å². The van der Waals surface area contributed by atoms with Crippen molar-refractivity contribution in [2.45, 2.75) is 25.3 Å². The summed E-state index contributed by atoms with van der Waals surface area (Å²) in [6.45, 7) is 4.60. The van der Waals surface area contributed by atoms with Crippen LogP contribution in [-0.2, 0) is 23.6 Å². The first-order valence-corrected chi connectivity index (χ1v) is 11.1. The van der Waals surface area contributed by atoms with Gasteiger partial charge in [0, 0.05) is 32.7 Å². The van der Waals surface area contributed by atoms with Gasteiger partial charge in [0.1, 0.15) is 11.6 Å². The number of aryl methyl sites for hydroxylation is 1. The maximum Gasteiger partial charge on any atom is 0.254 e. The topological polar surface area (TPSA) is 75.5 Å². The lowest BCUT2D eigenvalue weighted by atomic mass is 10.2. The van der Waals surface area contributed by atoms with Crippen LogP contribution in [0.3, 0.4) is 0 Å². The quantitative estimate of drug-likeness (QED) is 0.575. The summed E-state index contributed by atoms with van der Waals surface area (Å²) in [5.41, 5.74) is 1.69. The fourth-order valence-corrected chi connectivity index (χ4v) is 4.82. The Bertz CT molecular complexity index is 1170. The van der Waals surface area contributed by atoms with Crippen LogP contribution in [0, 0.1) is 5.82 Å². The number of benzene rings is 2. The number of halogens is 1. The number of rotatable bonds is 7. The monoisotopic (exact) mass is 432 g/mol. The standard InChI is InChI=1S/C21H25FN4O3S/c1-5-26(6-2)30(28,29)17-11-12-19-18(13-17)23-20(25(19)4)14-24(3)21(27)15-7-9-16(22)10-8-15/h7-13H,5-6,14H2,1-4H3. The Morgan fingerprint density at radius 2 is 1.73 bits per heavy atom. The van der Waals surface area contributed by atoms with E-state index in [9.17, 15) is 17.6 Å². The van der Waals surface area contributed by atoms with Crippen molar-refractivity contribution in [2.75, 3.05) is 20.1 Å². The number of aromatic nitrogens is 2. The highest BCUT2D eigenvalue weighted by Crippen LogP contribution is 2.23. The van der Waals surface area contributed by atoms with Crippen LogP contribution in [0.25, 0.3) is 11.0 Å². The van der Waals surface area contributed by atoms with Gasteiger partial charge in [-0.15, -0.1) is 0 Å². The summed E-state index contributed by atoms with van der Waals surface area (Å²) in [6.07, 6.45) is 0. The molecule has 1 heterocycles. The molecule has 0 unspecified atom stereocenters. The van der Waals surface area contributed by atoms with Crippen LogP contribution in [-0.4, -0.2) is 53.2 Å². The number of carbonyl (C=O) groups excluding carboxylic acids is 1. The lowest BCUT2D eigenvalue weighted by Gasteiger charge is -2.18. The van der Waals surface area contributed by atoms with Crippen molar-refractivity contribution in [1.82, 2.24) is 18.8 Å². The number of imidazole rings is 1. The molecule has 0 aliphatic heterocycles. The van der Waals surface area contributed by atoms with Gasteiger partial charge in [0.25, 0.3) is 5.91 Å². The summed E-state index contributed by atoms with van der Waals surface area (Å²) in [5.74, 6) is -0.0489. The molecule has 30 heavy (non-hydrogen) atoms. The fraction of sp³-hybridized carbons (Fsp3) is 0.333. The average Bonchev–Trinajstić information content (AvgIpc) is 3.03. The molecule has 0 spiro atoms. The molecule has 0 saturated heterocycles. The second-order valence-corrected chi connectivity index (χ2v) is 8.93. The van der Waals surface area contributed by atoms with Crippen molar-refractivity contribution in [3.8, 4) is 0 Å².